The molecule has 0 bridgehead atoms. The average Bonchev–Trinajstić information content (AvgIpc) is 2.38. The summed E-state index contributed by atoms with van der Waals surface area (Å²) in [5.74, 6) is -2.01. The number of anilines is 3. The number of rotatable bonds is 3. The van der Waals surface area contributed by atoms with Gasteiger partial charge in [-0.1, -0.05) is 0 Å². The van der Waals surface area contributed by atoms with Crippen LogP contribution in [0.3, 0.4) is 0 Å². The number of halogens is 4. The fraction of sp³-hybridized carbons (Fsp3) is 0.0769. The maximum absolute atomic E-state index is 13.7. The van der Waals surface area contributed by atoms with E-state index in [2.05, 4.69) is 21.2 Å². The lowest BCUT2D eigenvalue weighted by Gasteiger charge is -2.13. The van der Waals surface area contributed by atoms with Crippen LogP contribution in [-0.4, -0.2) is 7.11 Å². The molecule has 3 N–H and O–H groups in total. The van der Waals surface area contributed by atoms with E-state index in [4.69, 9.17) is 10.5 Å². The minimum Gasteiger partial charge on any atom is -0.494 e. The Hall–Kier alpha value is -1.89. The lowest BCUT2D eigenvalue weighted by molar-refractivity contribution is 0.387. The van der Waals surface area contributed by atoms with Crippen molar-refractivity contribution in [3.63, 3.8) is 0 Å². The normalized spacial score (nSPS) is 10.4. The van der Waals surface area contributed by atoms with Crippen LogP contribution in [0.1, 0.15) is 0 Å². The van der Waals surface area contributed by atoms with Crippen molar-refractivity contribution in [2.75, 3.05) is 18.2 Å². The van der Waals surface area contributed by atoms with E-state index in [0.717, 1.165) is 18.2 Å². The zero-order chi connectivity index (χ0) is 14.9. The highest BCUT2D eigenvalue weighted by atomic mass is 79.9. The van der Waals surface area contributed by atoms with Crippen molar-refractivity contribution >= 4 is 33.0 Å². The summed E-state index contributed by atoms with van der Waals surface area (Å²) >= 11 is 2.88. The highest BCUT2D eigenvalue weighted by Gasteiger charge is 2.12. The Morgan fingerprint density at radius 1 is 1.00 bits per heavy atom. The first-order valence-electron chi connectivity index (χ1n) is 5.47. The first kappa shape index (κ1) is 14.5. The van der Waals surface area contributed by atoms with Crippen molar-refractivity contribution in [2.45, 2.75) is 0 Å². The van der Waals surface area contributed by atoms with E-state index in [1.54, 1.807) is 0 Å². The predicted octanol–water partition coefficient (Wildman–Crippen LogP) is 4.20. The average molecular weight is 347 g/mol. The standard InChI is InChI=1S/C13H10BrF3N2O/c1-20-13-5-12(10(18)3-9(13)17)19-11-4-7(15)6(14)2-8(11)16/h2-5,19H,18H2,1H3. The topological polar surface area (TPSA) is 47.3 Å². The molecule has 0 aliphatic rings. The number of nitrogen functional groups attached to an aromatic ring is 1. The quantitative estimate of drug-likeness (QED) is 0.646. The van der Waals surface area contributed by atoms with Crippen LogP contribution in [0.25, 0.3) is 0 Å². The van der Waals surface area contributed by atoms with Gasteiger partial charge in [0.25, 0.3) is 0 Å². The lowest BCUT2D eigenvalue weighted by atomic mass is 10.2. The van der Waals surface area contributed by atoms with Gasteiger partial charge in [0.05, 0.1) is 28.6 Å². The van der Waals surface area contributed by atoms with Gasteiger partial charge in [-0.3, -0.25) is 0 Å². The number of hydrogen-bond donors (Lipinski definition) is 2. The molecule has 0 atom stereocenters. The van der Waals surface area contributed by atoms with E-state index in [9.17, 15) is 13.2 Å². The molecule has 0 unspecified atom stereocenters. The minimum atomic E-state index is -0.680. The highest BCUT2D eigenvalue weighted by Crippen LogP contribution is 2.32. The molecule has 0 aliphatic carbocycles. The molecule has 0 fully saturated rings. The molecule has 20 heavy (non-hydrogen) atoms. The monoisotopic (exact) mass is 346 g/mol. The Bertz CT molecular complexity index is 665. The van der Waals surface area contributed by atoms with Gasteiger partial charge in [-0.25, -0.2) is 13.2 Å². The number of ether oxygens (including phenoxy) is 1. The first-order chi connectivity index (χ1) is 9.42. The second-order valence-electron chi connectivity index (χ2n) is 3.95. The molecule has 3 nitrogen and oxygen atoms in total. The summed E-state index contributed by atoms with van der Waals surface area (Å²) in [7, 11) is 1.29. The van der Waals surface area contributed by atoms with Crippen molar-refractivity contribution in [1.82, 2.24) is 0 Å². The number of methoxy groups -OCH3 is 1. The molecule has 106 valence electrons. The van der Waals surface area contributed by atoms with Gasteiger partial charge < -0.3 is 15.8 Å². The van der Waals surface area contributed by atoms with E-state index in [1.165, 1.54) is 13.2 Å². The Morgan fingerprint density at radius 3 is 2.35 bits per heavy atom. The summed E-state index contributed by atoms with van der Waals surface area (Å²) in [6.45, 7) is 0. The van der Waals surface area contributed by atoms with Crippen molar-refractivity contribution in [2.24, 2.45) is 0 Å². The van der Waals surface area contributed by atoms with Gasteiger partial charge in [0, 0.05) is 18.2 Å². The summed E-state index contributed by atoms with van der Waals surface area (Å²) in [6, 6.07) is 4.25. The van der Waals surface area contributed by atoms with Crippen LogP contribution >= 0.6 is 15.9 Å². The third-order valence-electron chi connectivity index (χ3n) is 2.60. The molecule has 0 saturated heterocycles. The zero-order valence-corrected chi connectivity index (χ0v) is 11.9. The predicted molar refractivity (Wildman–Crippen MR) is 74.7 cm³/mol. The van der Waals surface area contributed by atoms with E-state index in [0.29, 0.717) is 0 Å². The lowest BCUT2D eigenvalue weighted by Crippen LogP contribution is -2.01. The van der Waals surface area contributed by atoms with Gasteiger partial charge in [0.1, 0.15) is 11.6 Å². The van der Waals surface area contributed by atoms with Gasteiger partial charge in [0.2, 0.25) is 0 Å². The summed E-state index contributed by atoms with van der Waals surface area (Å²) in [4.78, 5) is 0. The van der Waals surface area contributed by atoms with Gasteiger partial charge in [-0.05, 0) is 22.0 Å². The van der Waals surface area contributed by atoms with Gasteiger partial charge in [-0.15, -0.1) is 0 Å². The molecule has 0 radical (unpaired) electrons. The minimum absolute atomic E-state index is 0.00482. The number of hydrogen-bond acceptors (Lipinski definition) is 3. The Morgan fingerprint density at radius 2 is 1.70 bits per heavy atom. The molecule has 0 saturated carbocycles. The van der Waals surface area contributed by atoms with Crippen molar-refractivity contribution in [1.29, 1.82) is 0 Å². The smallest absolute Gasteiger partial charge is 0.167 e. The summed E-state index contributed by atoms with van der Waals surface area (Å²) < 4.78 is 45.3. The van der Waals surface area contributed by atoms with Crippen LogP contribution in [0.4, 0.5) is 30.2 Å². The SMILES string of the molecule is COc1cc(Nc2cc(F)c(Br)cc2F)c(N)cc1F. The maximum Gasteiger partial charge on any atom is 0.167 e. The van der Waals surface area contributed by atoms with Crippen molar-refractivity contribution < 1.29 is 17.9 Å². The van der Waals surface area contributed by atoms with Crippen LogP contribution in [-0.2, 0) is 0 Å². The van der Waals surface area contributed by atoms with Crippen LogP contribution in [0.15, 0.2) is 28.7 Å². The third-order valence-corrected chi connectivity index (χ3v) is 3.21. The second kappa shape index (κ2) is 5.62. The molecular formula is C13H10BrF3N2O. The van der Waals surface area contributed by atoms with Crippen LogP contribution in [0, 0.1) is 17.5 Å². The van der Waals surface area contributed by atoms with Crippen LogP contribution in [0.2, 0.25) is 0 Å². The van der Waals surface area contributed by atoms with E-state index >= 15 is 0 Å². The Labute approximate surface area is 121 Å². The van der Waals surface area contributed by atoms with E-state index < -0.39 is 17.5 Å². The first-order valence-corrected chi connectivity index (χ1v) is 6.26. The van der Waals surface area contributed by atoms with Crippen LogP contribution in [0.5, 0.6) is 5.75 Å². The molecule has 2 rings (SSSR count). The van der Waals surface area contributed by atoms with E-state index in [1.807, 2.05) is 0 Å². The van der Waals surface area contributed by atoms with Gasteiger partial charge >= 0.3 is 0 Å². The van der Waals surface area contributed by atoms with Gasteiger partial charge in [0.15, 0.2) is 11.6 Å². The van der Waals surface area contributed by atoms with E-state index in [-0.39, 0.29) is 27.3 Å². The maximum atomic E-state index is 13.7. The van der Waals surface area contributed by atoms with Crippen molar-refractivity contribution in [3.8, 4) is 5.75 Å². The summed E-state index contributed by atoms with van der Waals surface area (Å²) in [6.07, 6.45) is 0. The molecule has 0 aromatic heterocycles. The summed E-state index contributed by atoms with van der Waals surface area (Å²) in [5, 5.41) is 2.60. The highest BCUT2D eigenvalue weighted by molar-refractivity contribution is 9.10. The zero-order valence-electron chi connectivity index (χ0n) is 10.3. The molecule has 7 heteroatoms. The number of benzene rings is 2. The molecule has 0 heterocycles. The van der Waals surface area contributed by atoms with Crippen molar-refractivity contribution in [3.05, 3.63) is 46.2 Å². The Balaban J connectivity index is 2.42. The number of nitrogens with two attached hydrogens (primary N) is 1. The molecular weight excluding hydrogens is 337 g/mol. The fourth-order valence-electron chi connectivity index (χ4n) is 1.60. The number of nitrogens with one attached hydrogen (secondary N) is 1. The van der Waals surface area contributed by atoms with Gasteiger partial charge in [-0.2, -0.15) is 0 Å². The molecule has 0 amide bonds. The molecule has 2 aromatic carbocycles. The molecule has 0 spiro atoms. The molecule has 2 aromatic rings. The second-order valence-corrected chi connectivity index (χ2v) is 4.80. The Kier molecular flexibility index (Phi) is 4.08. The molecule has 0 aliphatic heterocycles. The summed E-state index contributed by atoms with van der Waals surface area (Å²) in [5.41, 5.74) is 5.77. The third kappa shape index (κ3) is 2.82. The van der Waals surface area contributed by atoms with Crippen LogP contribution < -0.4 is 15.8 Å². The largest absolute Gasteiger partial charge is 0.494 e. The fourth-order valence-corrected chi connectivity index (χ4v) is 1.91.